The molecule has 1 heterocycles. The third kappa shape index (κ3) is 5.83. The van der Waals surface area contributed by atoms with Crippen LogP contribution in [0.25, 0.3) is 0 Å². The smallest absolute Gasteiger partial charge is 0.0702 e. The van der Waals surface area contributed by atoms with Crippen molar-refractivity contribution >= 4 is 0 Å². The van der Waals surface area contributed by atoms with Crippen molar-refractivity contribution in [2.24, 2.45) is 0 Å². The second kappa shape index (κ2) is 6.58. The van der Waals surface area contributed by atoms with E-state index in [9.17, 15) is 0 Å². The summed E-state index contributed by atoms with van der Waals surface area (Å²) in [6, 6.07) is 0. The molecule has 1 saturated heterocycles. The minimum Gasteiger partial charge on any atom is -0.377 e. The van der Waals surface area contributed by atoms with E-state index >= 15 is 0 Å². The minimum absolute atomic E-state index is 0.231. The van der Waals surface area contributed by atoms with Crippen LogP contribution in [0.5, 0.6) is 0 Å². The van der Waals surface area contributed by atoms with Crippen LogP contribution in [0.15, 0.2) is 0 Å². The SMILES string of the molecule is CCOC1CCCN(CCNC(C)(C)C)C1. The number of hydrogen-bond donors (Lipinski definition) is 1. The third-order valence-corrected chi connectivity index (χ3v) is 2.95. The molecule has 0 saturated carbocycles. The molecule has 1 atom stereocenters. The van der Waals surface area contributed by atoms with Gasteiger partial charge < -0.3 is 10.1 Å². The van der Waals surface area contributed by atoms with E-state index in [4.69, 9.17) is 4.74 Å². The van der Waals surface area contributed by atoms with Gasteiger partial charge in [0.2, 0.25) is 0 Å². The zero-order chi connectivity index (χ0) is 12.0. The molecule has 1 unspecified atom stereocenters. The number of nitrogens with one attached hydrogen (secondary N) is 1. The van der Waals surface area contributed by atoms with Gasteiger partial charge in [0.15, 0.2) is 0 Å². The Bertz CT molecular complexity index is 187. The van der Waals surface area contributed by atoms with E-state index < -0.39 is 0 Å². The molecular weight excluding hydrogens is 200 g/mol. The van der Waals surface area contributed by atoms with Gasteiger partial charge in [-0.05, 0) is 47.1 Å². The summed E-state index contributed by atoms with van der Waals surface area (Å²) < 4.78 is 5.70. The third-order valence-electron chi connectivity index (χ3n) is 2.95. The van der Waals surface area contributed by atoms with Crippen LogP contribution in [-0.2, 0) is 4.74 Å². The maximum absolute atomic E-state index is 5.70. The van der Waals surface area contributed by atoms with Crippen molar-refractivity contribution in [3.05, 3.63) is 0 Å². The van der Waals surface area contributed by atoms with Crippen molar-refractivity contribution in [2.45, 2.75) is 52.2 Å². The molecule has 1 aliphatic heterocycles. The molecule has 0 spiro atoms. The van der Waals surface area contributed by atoms with Gasteiger partial charge in [0.05, 0.1) is 6.10 Å². The first-order valence-corrected chi connectivity index (χ1v) is 6.60. The van der Waals surface area contributed by atoms with E-state index in [0.29, 0.717) is 6.10 Å². The predicted octanol–water partition coefficient (Wildman–Crippen LogP) is 1.88. The van der Waals surface area contributed by atoms with Crippen molar-refractivity contribution in [1.29, 1.82) is 0 Å². The Hall–Kier alpha value is -0.120. The molecule has 0 bridgehead atoms. The second-order valence-corrected chi connectivity index (χ2v) is 5.70. The first-order chi connectivity index (χ1) is 7.51. The monoisotopic (exact) mass is 228 g/mol. The van der Waals surface area contributed by atoms with Crippen molar-refractivity contribution in [1.82, 2.24) is 10.2 Å². The Morgan fingerprint density at radius 1 is 1.38 bits per heavy atom. The minimum atomic E-state index is 0.231. The highest BCUT2D eigenvalue weighted by Crippen LogP contribution is 2.12. The van der Waals surface area contributed by atoms with Crippen LogP contribution < -0.4 is 5.32 Å². The molecule has 0 aromatic rings. The van der Waals surface area contributed by atoms with E-state index in [1.54, 1.807) is 0 Å². The summed E-state index contributed by atoms with van der Waals surface area (Å²) in [6.07, 6.45) is 2.98. The van der Waals surface area contributed by atoms with E-state index in [2.05, 4.69) is 37.9 Å². The molecule has 3 heteroatoms. The topological polar surface area (TPSA) is 24.5 Å². The first kappa shape index (κ1) is 13.9. The Labute approximate surface area is 101 Å². The highest BCUT2D eigenvalue weighted by Gasteiger charge is 2.19. The van der Waals surface area contributed by atoms with Crippen LogP contribution in [0.1, 0.15) is 40.5 Å². The van der Waals surface area contributed by atoms with E-state index in [0.717, 1.165) is 26.2 Å². The number of piperidine rings is 1. The Morgan fingerprint density at radius 3 is 2.75 bits per heavy atom. The molecule has 1 rings (SSSR count). The lowest BCUT2D eigenvalue weighted by molar-refractivity contribution is 0.00604. The number of rotatable bonds is 5. The molecular formula is C13H28N2O. The molecule has 1 N–H and O–H groups in total. The fourth-order valence-electron chi connectivity index (χ4n) is 2.18. The van der Waals surface area contributed by atoms with Gasteiger partial charge in [0.25, 0.3) is 0 Å². The Kier molecular flexibility index (Phi) is 5.73. The van der Waals surface area contributed by atoms with Crippen LogP contribution in [0.3, 0.4) is 0 Å². The van der Waals surface area contributed by atoms with Crippen LogP contribution in [-0.4, -0.2) is 49.3 Å². The molecule has 1 fully saturated rings. The summed E-state index contributed by atoms with van der Waals surface area (Å²) in [5.74, 6) is 0. The van der Waals surface area contributed by atoms with Crippen molar-refractivity contribution in [2.75, 3.05) is 32.8 Å². The summed E-state index contributed by atoms with van der Waals surface area (Å²) in [6.45, 7) is 14.1. The van der Waals surface area contributed by atoms with Crippen molar-refractivity contribution in [3.8, 4) is 0 Å². The maximum Gasteiger partial charge on any atom is 0.0702 e. The Balaban J connectivity index is 2.16. The summed E-state index contributed by atoms with van der Waals surface area (Å²) in [4.78, 5) is 2.52. The Morgan fingerprint density at radius 2 is 2.12 bits per heavy atom. The van der Waals surface area contributed by atoms with Crippen LogP contribution in [0.4, 0.5) is 0 Å². The highest BCUT2D eigenvalue weighted by molar-refractivity contribution is 4.76. The summed E-state index contributed by atoms with van der Waals surface area (Å²) >= 11 is 0. The van der Waals surface area contributed by atoms with Crippen LogP contribution in [0, 0.1) is 0 Å². The molecule has 0 aliphatic carbocycles. The van der Waals surface area contributed by atoms with Crippen LogP contribution in [0.2, 0.25) is 0 Å². The van der Waals surface area contributed by atoms with Crippen LogP contribution >= 0.6 is 0 Å². The van der Waals surface area contributed by atoms with E-state index in [1.165, 1.54) is 19.4 Å². The van der Waals surface area contributed by atoms with E-state index in [-0.39, 0.29) is 5.54 Å². The van der Waals surface area contributed by atoms with Crippen molar-refractivity contribution < 1.29 is 4.74 Å². The molecule has 0 aromatic heterocycles. The zero-order valence-electron chi connectivity index (χ0n) is 11.4. The molecule has 0 amide bonds. The normalized spacial score (nSPS) is 23.6. The predicted molar refractivity (Wildman–Crippen MR) is 68.8 cm³/mol. The van der Waals surface area contributed by atoms with Crippen molar-refractivity contribution in [3.63, 3.8) is 0 Å². The number of hydrogen-bond acceptors (Lipinski definition) is 3. The lowest BCUT2D eigenvalue weighted by Crippen LogP contribution is -2.45. The molecule has 96 valence electrons. The lowest BCUT2D eigenvalue weighted by atomic mass is 10.1. The highest BCUT2D eigenvalue weighted by atomic mass is 16.5. The number of likely N-dealkylation sites (tertiary alicyclic amines) is 1. The van der Waals surface area contributed by atoms with Gasteiger partial charge in [-0.3, -0.25) is 4.90 Å². The summed E-state index contributed by atoms with van der Waals surface area (Å²) in [5.41, 5.74) is 0.231. The number of ether oxygens (including phenoxy) is 1. The van der Waals surface area contributed by atoms with Gasteiger partial charge in [-0.15, -0.1) is 0 Å². The molecule has 0 radical (unpaired) electrons. The average molecular weight is 228 g/mol. The van der Waals surface area contributed by atoms with Gasteiger partial charge in [-0.2, -0.15) is 0 Å². The quantitative estimate of drug-likeness (QED) is 0.777. The van der Waals surface area contributed by atoms with E-state index in [1.807, 2.05) is 0 Å². The molecule has 0 aromatic carbocycles. The summed E-state index contributed by atoms with van der Waals surface area (Å²) in [5, 5.41) is 3.53. The standard InChI is InChI=1S/C13H28N2O/c1-5-16-12-7-6-9-15(11-12)10-8-14-13(2,3)4/h12,14H,5-11H2,1-4H3. The largest absolute Gasteiger partial charge is 0.377 e. The maximum atomic E-state index is 5.70. The summed E-state index contributed by atoms with van der Waals surface area (Å²) in [7, 11) is 0. The van der Waals surface area contributed by atoms with Gasteiger partial charge in [0, 0.05) is 31.8 Å². The van der Waals surface area contributed by atoms with Gasteiger partial charge in [-0.25, -0.2) is 0 Å². The average Bonchev–Trinajstić information content (AvgIpc) is 2.17. The van der Waals surface area contributed by atoms with Gasteiger partial charge >= 0.3 is 0 Å². The fraction of sp³-hybridized carbons (Fsp3) is 1.00. The number of nitrogens with zero attached hydrogens (tertiary/aromatic N) is 1. The molecule has 1 aliphatic rings. The lowest BCUT2D eigenvalue weighted by Gasteiger charge is -2.33. The van der Waals surface area contributed by atoms with Gasteiger partial charge in [-0.1, -0.05) is 0 Å². The second-order valence-electron chi connectivity index (χ2n) is 5.70. The zero-order valence-corrected chi connectivity index (χ0v) is 11.4. The molecule has 3 nitrogen and oxygen atoms in total. The molecule has 16 heavy (non-hydrogen) atoms. The first-order valence-electron chi connectivity index (χ1n) is 6.60. The fourth-order valence-corrected chi connectivity index (χ4v) is 2.18. The van der Waals surface area contributed by atoms with Gasteiger partial charge in [0.1, 0.15) is 0 Å².